The molecule has 6 nitrogen and oxygen atoms in total. The molecule has 0 saturated heterocycles. The highest BCUT2D eigenvalue weighted by molar-refractivity contribution is 6.61. The van der Waals surface area contributed by atoms with Crippen LogP contribution in [0.15, 0.2) is 73.3 Å². The Hall–Kier alpha value is -3.75. The van der Waals surface area contributed by atoms with E-state index in [1.807, 2.05) is 6.07 Å². The molecule has 30 heavy (non-hydrogen) atoms. The Bertz CT molecular complexity index is 1410. The van der Waals surface area contributed by atoms with Crippen molar-refractivity contribution in [1.29, 1.82) is 0 Å². The van der Waals surface area contributed by atoms with Crippen molar-refractivity contribution in [2.45, 2.75) is 0 Å². The third kappa shape index (κ3) is 2.99. The molecule has 1 aromatic carbocycles. The van der Waals surface area contributed by atoms with Gasteiger partial charge in [0.2, 0.25) is 0 Å². The van der Waals surface area contributed by atoms with Crippen LogP contribution < -0.4 is 5.59 Å². The van der Waals surface area contributed by atoms with Crippen molar-refractivity contribution in [3.8, 4) is 22.4 Å². The van der Waals surface area contributed by atoms with Crippen LogP contribution in [0.2, 0.25) is 0 Å². The van der Waals surface area contributed by atoms with Crippen LogP contribution in [0.4, 0.5) is 4.39 Å². The van der Waals surface area contributed by atoms with Gasteiger partial charge in [-0.2, -0.15) is 0 Å². The van der Waals surface area contributed by atoms with E-state index in [2.05, 4.69) is 19.9 Å². The number of halogens is 1. The van der Waals surface area contributed by atoms with Crippen molar-refractivity contribution < 1.29 is 14.4 Å². The maximum absolute atomic E-state index is 14.5. The summed E-state index contributed by atoms with van der Waals surface area (Å²) in [5.74, 6) is -0.378. The first-order valence-electron chi connectivity index (χ1n) is 9.23. The average molecular weight is 396 g/mol. The Morgan fingerprint density at radius 3 is 2.47 bits per heavy atom. The lowest BCUT2D eigenvalue weighted by atomic mass is 9.81. The van der Waals surface area contributed by atoms with Gasteiger partial charge in [0.05, 0.1) is 11.3 Å². The molecule has 144 valence electrons. The van der Waals surface area contributed by atoms with Gasteiger partial charge < -0.3 is 10.0 Å². The van der Waals surface area contributed by atoms with Gasteiger partial charge >= 0.3 is 7.12 Å². The smallest absolute Gasteiger partial charge is 0.422 e. The number of fused-ring (bicyclic) bond motifs is 2. The van der Waals surface area contributed by atoms with Crippen molar-refractivity contribution in [1.82, 2.24) is 19.9 Å². The third-order valence-corrected chi connectivity index (χ3v) is 4.99. The lowest BCUT2D eigenvalue weighted by Gasteiger charge is -2.13. The van der Waals surface area contributed by atoms with E-state index in [0.29, 0.717) is 22.3 Å². The second-order valence-electron chi connectivity index (χ2n) is 6.76. The number of hydrogen-bond acceptors (Lipinski definition) is 6. The molecule has 5 rings (SSSR count). The van der Waals surface area contributed by atoms with Crippen LogP contribution in [0.3, 0.4) is 0 Å². The van der Waals surface area contributed by atoms with Gasteiger partial charge in [-0.05, 0) is 47.3 Å². The van der Waals surface area contributed by atoms with E-state index >= 15 is 0 Å². The third-order valence-electron chi connectivity index (χ3n) is 4.99. The Morgan fingerprint density at radius 1 is 0.767 bits per heavy atom. The standard InChI is InChI=1S/C22H14BFN4O2/c24-19-6-2-1-4-15(19)20-10-16(14-5-3-8-26-22(14)28-20)17-12-27-21(23(29)30)18-11-25-9-7-13(17)18/h1-12,29-30H. The normalized spacial score (nSPS) is 11.2. The predicted molar refractivity (Wildman–Crippen MR) is 113 cm³/mol. The van der Waals surface area contributed by atoms with Crippen LogP contribution in [0.25, 0.3) is 44.2 Å². The zero-order valence-corrected chi connectivity index (χ0v) is 15.6. The number of aromatic nitrogens is 4. The molecule has 0 fully saturated rings. The molecule has 0 spiro atoms. The second-order valence-corrected chi connectivity index (χ2v) is 6.76. The molecule has 0 aliphatic heterocycles. The van der Waals surface area contributed by atoms with E-state index in [1.54, 1.807) is 61.2 Å². The summed E-state index contributed by atoms with van der Waals surface area (Å²) < 4.78 is 14.5. The van der Waals surface area contributed by atoms with Gasteiger partial charge in [0, 0.05) is 46.7 Å². The number of pyridine rings is 4. The summed E-state index contributed by atoms with van der Waals surface area (Å²) in [7, 11) is -1.73. The first kappa shape index (κ1) is 18.3. The van der Waals surface area contributed by atoms with Crippen LogP contribution >= 0.6 is 0 Å². The first-order valence-corrected chi connectivity index (χ1v) is 9.23. The van der Waals surface area contributed by atoms with Crippen LogP contribution in [0.1, 0.15) is 0 Å². The summed E-state index contributed by atoms with van der Waals surface area (Å²) in [6.45, 7) is 0. The molecule has 0 aliphatic rings. The largest absolute Gasteiger partial charge is 0.508 e. The van der Waals surface area contributed by atoms with Gasteiger partial charge in [-0.3, -0.25) is 9.97 Å². The Balaban J connectivity index is 1.86. The van der Waals surface area contributed by atoms with E-state index in [1.165, 1.54) is 6.07 Å². The highest BCUT2D eigenvalue weighted by Crippen LogP contribution is 2.35. The molecular formula is C22H14BFN4O2. The van der Waals surface area contributed by atoms with Gasteiger partial charge in [0.1, 0.15) is 5.82 Å². The van der Waals surface area contributed by atoms with E-state index in [0.717, 1.165) is 21.9 Å². The minimum Gasteiger partial charge on any atom is -0.422 e. The molecule has 5 aromatic rings. The van der Waals surface area contributed by atoms with E-state index in [4.69, 9.17) is 0 Å². The average Bonchev–Trinajstić information content (AvgIpc) is 2.78. The van der Waals surface area contributed by atoms with Gasteiger partial charge in [-0.15, -0.1) is 0 Å². The summed E-state index contributed by atoms with van der Waals surface area (Å²) in [6.07, 6.45) is 6.37. The Kier molecular flexibility index (Phi) is 4.42. The highest BCUT2D eigenvalue weighted by atomic mass is 19.1. The fourth-order valence-corrected chi connectivity index (χ4v) is 3.61. The summed E-state index contributed by atoms with van der Waals surface area (Å²) in [6, 6.07) is 13.7. The SMILES string of the molecule is OB(O)c1ncc(-c2cc(-c3ccccc3F)nc3ncccc23)c2ccncc12. The van der Waals surface area contributed by atoms with E-state index < -0.39 is 7.12 Å². The molecular weight excluding hydrogens is 382 g/mol. The van der Waals surface area contributed by atoms with Crippen molar-refractivity contribution in [2.24, 2.45) is 0 Å². The molecule has 4 aromatic heterocycles. The Labute approximate surface area is 170 Å². The molecule has 0 saturated carbocycles. The van der Waals surface area contributed by atoms with Gasteiger partial charge in [-0.1, -0.05) is 12.1 Å². The van der Waals surface area contributed by atoms with Crippen molar-refractivity contribution in [2.75, 3.05) is 0 Å². The fraction of sp³-hybridized carbons (Fsp3) is 0. The maximum atomic E-state index is 14.5. The van der Waals surface area contributed by atoms with E-state index in [-0.39, 0.29) is 11.4 Å². The minimum absolute atomic E-state index is 0.118. The zero-order valence-electron chi connectivity index (χ0n) is 15.6. The Morgan fingerprint density at radius 2 is 1.63 bits per heavy atom. The summed E-state index contributed by atoms with van der Waals surface area (Å²) in [5, 5.41) is 21.4. The van der Waals surface area contributed by atoms with E-state index in [9.17, 15) is 14.4 Å². The van der Waals surface area contributed by atoms with Crippen LogP contribution in [-0.4, -0.2) is 37.1 Å². The summed E-state index contributed by atoms with van der Waals surface area (Å²) >= 11 is 0. The van der Waals surface area contributed by atoms with Crippen LogP contribution in [-0.2, 0) is 0 Å². The predicted octanol–water partition coefficient (Wildman–Crippen LogP) is 2.73. The fourth-order valence-electron chi connectivity index (χ4n) is 3.61. The van der Waals surface area contributed by atoms with Gasteiger partial charge in [0.15, 0.2) is 5.65 Å². The van der Waals surface area contributed by atoms with Crippen LogP contribution in [0, 0.1) is 5.82 Å². The lowest BCUT2D eigenvalue weighted by Crippen LogP contribution is -2.33. The maximum Gasteiger partial charge on any atom is 0.508 e. The molecule has 0 bridgehead atoms. The molecule has 0 aliphatic carbocycles. The molecule has 2 N–H and O–H groups in total. The van der Waals surface area contributed by atoms with Gasteiger partial charge in [0.25, 0.3) is 0 Å². The number of nitrogens with zero attached hydrogens (tertiary/aromatic N) is 4. The number of benzene rings is 1. The van der Waals surface area contributed by atoms with Crippen molar-refractivity contribution in [3.63, 3.8) is 0 Å². The quantitative estimate of drug-likeness (QED) is 0.456. The molecule has 0 amide bonds. The second kappa shape index (κ2) is 7.25. The first-order chi connectivity index (χ1) is 14.6. The lowest BCUT2D eigenvalue weighted by molar-refractivity contribution is 0.424. The summed E-state index contributed by atoms with van der Waals surface area (Å²) in [4.78, 5) is 17.3. The molecule has 0 atom stereocenters. The van der Waals surface area contributed by atoms with Crippen molar-refractivity contribution in [3.05, 3.63) is 79.1 Å². The zero-order chi connectivity index (χ0) is 20.7. The highest BCUT2D eigenvalue weighted by Gasteiger charge is 2.20. The van der Waals surface area contributed by atoms with Gasteiger partial charge in [-0.25, -0.2) is 14.4 Å². The molecule has 0 unspecified atom stereocenters. The summed E-state index contributed by atoms with van der Waals surface area (Å²) in [5.41, 5.74) is 2.90. The monoisotopic (exact) mass is 396 g/mol. The molecule has 8 heteroatoms. The number of rotatable bonds is 3. The van der Waals surface area contributed by atoms with Crippen molar-refractivity contribution >= 4 is 34.5 Å². The molecule has 0 radical (unpaired) electrons. The number of hydrogen-bond donors (Lipinski definition) is 2. The minimum atomic E-state index is -1.73. The van der Waals surface area contributed by atoms with Crippen LogP contribution in [0.5, 0.6) is 0 Å². The topological polar surface area (TPSA) is 92.0 Å². The molecule has 4 heterocycles.